The molecule has 2 aromatic heterocycles. The molecule has 0 spiro atoms. The van der Waals surface area contributed by atoms with Gasteiger partial charge in [0, 0.05) is 42.6 Å². The van der Waals surface area contributed by atoms with Crippen molar-refractivity contribution < 1.29 is 39.9 Å². The second-order valence-electron chi connectivity index (χ2n) is 5.01. The van der Waals surface area contributed by atoms with E-state index in [1.807, 2.05) is 0 Å². The number of pyridine rings is 2. The first-order valence-corrected chi connectivity index (χ1v) is 7.09. The van der Waals surface area contributed by atoms with Gasteiger partial charge >= 0.3 is 0 Å². The quantitative estimate of drug-likeness (QED) is 0.262. The normalized spacial score (nSPS) is 9.54. The second-order valence-corrected chi connectivity index (χ2v) is 5.01. The van der Waals surface area contributed by atoms with Crippen molar-refractivity contribution in [2.45, 2.75) is 7.43 Å². The van der Waals surface area contributed by atoms with E-state index in [1.165, 1.54) is 24.3 Å². The topological polar surface area (TPSA) is 107 Å². The zero-order valence-corrected chi connectivity index (χ0v) is 16.1. The van der Waals surface area contributed by atoms with Crippen molar-refractivity contribution in [1.82, 2.24) is 9.97 Å². The molecule has 26 heavy (non-hydrogen) atoms. The molecule has 4 aromatic rings. The summed E-state index contributed by atoms with van der Waals surface area (Å²) in [5.74, 6) is 0.443. The summed E-state index contributed by atoms with van der Waals surface area (Å²) in [6, 6.07) is 12.6. The fourth-order valence-electron chi connectivity index (χ4n) is 2.29. The molecule has 0 fully saturated rings. The van der Waals surface area contributed by atoms with Crippen molar-refractivity contribution in [3.63, 3.8) is 0 Å². The van der Waals surface area contributed by atoms with Gasteiger partial charge in [0.05, 0.1) is 0 Å². The van der Waals surface area contributed by atoms with Crippen molar-refractivity contribution >= 4 is 21.8 Å². The van der Waals surface area contributed by atoms with Gasteiger partial charge in [-0.2, -0.15) is 0 Å². The van der Waals surface area contributed by atoms with E-state index < -0.39 is 0 Å². The molecule has 4 N–H and O–H groups in total. The first kappa shape index (κ1) is 21.1. The van der Waals surface area contributed by atoms with Crippen molar-refractivity contribution in [2.24, 2.45) is 0 Å². The molecule has 4 rings (SSSR count). The van der Waals surface area contributed by atoms with E-state index in [0.717, 1.165) is 0 Å². The number of nitrogens with zero attached hydrogens (tertiary/aromatic N) is 2. The van der Waals surface area contributed by atoms with E-state index in [-0.39, 0.29) is 49.9 Å². The minimum Gasteiger partial charge on any atom is -0.507 e. The number of benzene rings is 2. The number of aromatic hydroxyl groups is 4. The predicted octanol–water partition coefficient (Wildman–Crippen LogP) is 3.93. The van der Waals surface area contributed by atoms with E-state index in [9.17, 15) is 20.4 Å². The molecule has 0 saturated heterocycles. The zero-order valence-electron chi connectivity index (χ0n) is 13.2. The Morgan fingerprint density at radius 2 is 0.885 bits per heavy atom. The van der Waals surface area contributed by atoms with Crippen LogP contribution >= 0.6 is 0 Å². The molecule has 0 aliphatic rings. The Kier molecular flexibility index (Phi) is 7.29. The maximum absolute atomic E-state index is 9.34. The molecule has 2 heterocycles. The van der Waals surface area contributed by atoms with Crippen molar-refractivity contribution in [3.8, 4) is 23.0 Å². The molecule has 0 amide bonds. The summed E-state index contributed by atoms with van der Waals surface area (Å²) in [7, 11) is 0. The van der Waals surface area contributed by atoms with Crippen molar-refractivity contribution in [3.05, 3.63) is 60.9 Å². The molecule has 0 radical (unpaired) electrons. The molecule has 0 saturated carbocycles. The molecule has 2 aromatic carbocycles. The van der Waals surface area contributed by atoms with Crippen LogP contribution in [0.2, 0.25) is 0 Å². The Balaban J connectivity index is 0.000000241. The molecule has 0 aliphatic carbocycles. The van der Waals surface area contributed by atoms with Gasteiger partial charge in [0.1, 0.15) is 34.0 Å². The Morgan fingerprint density at radius 1 is 0.538 bits per heavy atom. The van der Waals surface area contributed by atoms with E-state index in [0.29, 0.717) is 21.8 Å². The predicted molar refractivity (Wildman–Crippen MR) is 96.9 cm³/mol. The van der Waals surface area contributed by atoms with Crippen molar-refractivity contribution in [2.75, 3.05) is 0 Å². The van der Waals surface area contributed by atoms with Crippen LogP contribution in [0, 0.1) is 0 Å². The molecule has 7 heteroatoms. The van der Waals surface area contributed by atoms with Crippen LogP contribution in [0.25, 0.3) is 21.8 Å². The average Bonchev–Trinajstić information content (AvgIpc) is 2.63. The van der Waals surface area contributed by atoms with Crippen LogP contribution < -0.4 is 0 Å². The summed E-state index contributed by atoms with van der Waals surface area (Å²) >= 11 is 0. The molecule has 6 nitrogen and oxygen atoms in total. The second kappa shape index (κ2) is 8.97. The third-order valence-electron chi connectivity index (χ3n) is 3.45. The van der Waals surface area contributed by atoms with E-state index in [2.05, 4.69) is 9.97 Å². The summed E-state index contributed by atoms with van der Waals surface area (Å²) in [6.45, 7) is 0. The molecule has 0 unspecified atom stereocenters. The van der Waals surface area contributed by atoms with Gasteiger partial charge in [0.25, 0.3) is 0 Å². The first-order chi connectivity index (χ1) is 11.6. The maximum Gasteiger partial charge on any atom is 0.142 e. The summed E-state index contributed by atoms with van der Waals surface area (Å²) < 4.78 is 0. The molecular weight excluding hydrogens is 386 g/mol. The smallest absolute Gasteiger partial charge is 0.142 e. The summed E-state index contributed by atoms with van der Waals surface area (Å²) in [4.78, 5) is 7.86. The third kappa shape index (κ3) is 4.18. The van der Waals surface area contributed by atoms with E-state index in [4.69, 9.17) is 0 Å². The minimum atomic E-state index is 0. The van der Waals surface area contributed by atoms with Crippen LogP contribution in [0.4, 0.5) is 0 Å². The molecular formula is C19H18N2O4Zn. The van der Waals surface area contributed by atoms with Crippen LogP contribution in [-0.2, 0) is 19.5 Å². The zero-order chi connectivity index (χ0) is 17.1. The number of phenols is 4. The van der Waals surface area contributed by atoms with E-state index in [1.54, 1.807) is 36.7 Å². The van der Waals surface area contributed by atoms with Gasteiger partial charge in [-0.25, -0.2) is 0 Å². The van der Waals surface area contributed by atoms with E-state index >= 15 is 0 Å². The number of phenolic OH excluding ortho intramolecular Hbond substituents is 4. The van der Waals surface area contributed by atoms with Crippen LogP contribution in [0.3, 0.4) is 0 Å². The third-order valence-corrected chi connectivity index (χ3v) is 3.45. The molecule has 0 bridgehead atoms. The molecule has 130 valence electrons. The monoisotopic (exact) mass is 402 g/mol. The Bertz CT molecular complexity index is 860. The van der Waals surface area contributed by atoms with Gasteiger partial charge < -0.3 is 20.4 Å². The molecule has 0 aliphatic heterocycles. The Morgan fingerprint density at radius 3 is 1.23 bits per heavy atom. The summed E-state index contributed by atoms with van der Waals surface area (Å²) in [5.41, 5.74) is 0.856. The standard InChI is InChI=1S/2C9H7NO2.CH4.Zn/c2*11-7-3-4-8(12)9-6(7)2-1-5-10-9;;/h2*1-5,11-12H;1H4;. The van der Waals surface area contributed by atoms with Gasteiger partial charge in [-0.15, -0.1) is 0 Å². The average molecular weight is 404 g/mol. The fourth-order valence-corrected chi connectivity index (χ4v) is 2.29. The van der Waals surface area contributed by atoms with Crippen molar-refractivity contribution in [1.29, 1.82) is 0 Å². The maximum atomic E-state index is 9.34. The van der Waals surface area contributed by atoms with Gasteiger partial charge in [-0.05, 0) is 48.5 Å². The van der Waals surface area contributed by atoms with Gasteiger partial charge in [0.2, 0.25) is 0 Å². The molecule has 0 atom stereocenters. The van der Waals surface area contributed by atoms with Crippen LogP contribution in [0.15, 0.2) is 60.9 Å². The van der Waals surface area contributed by atoms with Gasteiger partial charge in [-0.3, -0.25) is 9.97 Å². The fraction of sp³-hybridized carbons (Fsp3) is 0.0526. The SMILES string of the molecule is C.Oc1ccc(O)c2ncccc12.Oc1ccc(O)c2ncccc12.[Zn]. The first-order valence-electron chi connectivity index (χ1n) is 7.09. The van der Waals surface area contributed by atoms with Crippen LogP contribution in [0.5, 0.6) is 23.0 Å². The summed E-state index contributed by atoms with van der Waals surface area (Å²) in [6.07, 6.45) is 3.14. The summed E-state index contributed by atoms with van der Waals surface area (Å²) in [5, 5.41) is 38.5. The minimum absolute atomic E-state index is 0. The van der Waals surface area contributed by atoms with Crippen LogP contribution in [-0.4, -0.2) is 30.4 Å². The number of rotatable bonds is 0. The Hall–Kier alpha value is -2.92. The number of hydrogen-bond acceptors (Lipinski definition) is 6. The largest absolute Gasteiger partial charge is 0.507 e. The van der Waals surface area contributed by atoms with Crippen LogP contribution in [0.1, 0.15) is 7.43 Å². The van der Waals surface area contributed by atoms with Gasteiger partial charge in [0.15, 0.2) is 0 Å². The Labute approximate surface area is 163 Å². The number of hydrogen-bond donors (Lipinski definition) is 4. The number of fused-ring (bicyclic) bond motifs is 2. The van der Waals surface area contributed by atoms with Gasteiger partial charge in [-0.1, -0.05) is 7.43 Å². The number of aromatic nitrogens is 2.